The minimum absolute atomic E-state index is 0.136. The number of nitriles is 1. The number of hydrogen-bond acceptors (Lipinski definition) is 6. The van der Waals surface area contributed by atoms with Crippen LogP contribution in [0.1, 0.15) is 27.7 Å². The fourth-order valence-corrected chi connectivity index (χ4v) is 5.83. The third-order valence-corrected chi connectivity index (χ3v) is 8.61. The quantitative estimate of drug-likeness (QED) is 0.101. The van der Waals surface area contributed by atoms with Gasteiger partial charge in [-0.15, -0.1) is 11.3 Å². The van der Waals surface area contributed by atoms with E-state index in [9.17, 15) is 19.2 Å². The summed E-state index contributed by atoms with van der Waals surface area (Å²) < 4.78 is 13.7. The molecule has 5 nitrogen and oxygen atoms in total. The molecule has 0 aliphatic carbocycles. The zero-order valence-electron chi connectivity index (χ0n) is 22.8. The fraction of sp³-hybridized carbons (Fsp3) is 0.0588. The van der Waals surface area contributed by atoms with Gasteiger partial charge < -0.3 is 5.32 Å². The Kier molecular flexibility index (Phi) is 9.48. The molecule has 0 spiro atoms. The monoisotopic (exact) mass is 623 g/mol. The maximum atomic E-state index is 13.7. The number of benzene rings is 3. The van der Waals surface area contributed by atoms with Gasteiger partial charge in [0.05, 0.1) is 16.5 Å². The Bertz CT molecular complexity index is 1830. The van der Waals surface area contributed by atoms with E-state index < -0.39 is 5.25 Å². The van der Waals surface area contributed by atoms with E-state index in [1.54, 1.807) is 78.9 Å². The smallest absolute Gasteiger partial charge is 0.237 e. The van der Waals surface area contributed by atoms with Crippen molar-refractivity contribution in [1.29, 1.82) is 5.26 Å². The summed E-state index contributed by atoms with van der Waals surface area (Å²) in [4.78, 5) is 31.4. The molecule has 43 heavy (non-hydrogen) atoms. The summed E-state index contributed by atoms with van der Waals surface area (Å²) in [5.74, 6) is -0.822. The second-order valence-electron chi connectivity index (χ2n) is 9.40. The molecule has 1 atom stereocenters. The van der Waals surface area contributed by atoms with Crippen LogP contribution in [0, 0.1) is 17.1 Å². The lowest BCUT2D eigenvalue weighted by Gasteiger charge is -2.16. The van der Waals surface area contributed by atoms with Crippen LogP contribution in [0.25, 0.3) is 28.5 Å². The zero-order valence-corrected chi connectivity index (χ0v) is 25.1. The van der Waals surface area contributed by atoms with Gasteiger partial charge in [0.15, 0.2) is 5.78 Å². The van der Waals surface area contributed by atoms with E-state index in [-0.39, 0.29) is 23.1 Å². The molecule has 2 aromatic heterocycles. The van der Waals surface area contributed by atoms with Crippen molar-refractivity contribution in [3.8, 4) is 28.5 Å². The number of ketones is 1. The number of nitrogens with zero attached hydrogens (tertiary/aromatic N) is 2. The van der Waals surface area contributed by atoms with E-state index in [1.807, 2.05) is 29.6 Å². The van der Waals surface area contributed by atoms with Crippen molar-refractivity contribution in [1.82, 2.24) is 4.98 Å². The highest BCUT2D eigenvalue weighted by Crippen LogP contribution is 2.36. The van der Waals surface area contributed by atoms with Crippen LogP contribution in [0.15, 0.2) is 107 Å². The summed E-state index contributed by atoms with van der Waals surface area (Å²) in [6, 6.07) is 27.5. The Hall–Kier alpha value is -4.55. The van der Waals surface area contributed by atoms with Crippen LogP contribution in [0.2, 0.25) is 5.02 Å². The molecule has 0 fully saturated rings. The Balaban J connectivity index is 1.37. The average Bonchev–Trinajstić information content (AvgIpc) is 3.54. The molecule has 5 aromatic rings. The third-order valence-electron chi connectivity index (χ3n) is 6.43. The average molecular weight is 624 g/mol. The second kappa shape index (κ2) is 13.6. The summed E-state index contributed by atoms with van der Waals surface area (Å²) in [6.45, 7) is 1.72. The number of carbonyl (C=O) groups excluding carboxylic acids is 2. The minimum Gasteiger partial charge on any atom is -0.325 e. The van der Waals surface area contributed by atoms with E-state index in [4.69, 9.17) is 16.6 Å². The number of aromatic nitrogens is 1. The molecule has 0 saturated heterocycles. The summed E-state index contributed by atoms with van der Waals surface area (Å²) in [6.07, 6.45) is 3.30. The van der Waals surface area contributed by atoms with Gasteiger partial charge in [-0.3, -0.25) is 9.59 Å². The topological polar surface area (TPSA) is 82.8 Å². The molecule has 2 heterocycles. The van der Waals surface area contributed by atoms with E-state index in [1.165, 1.54) is 18.2 Å². The van der Waals surface area contributed by atoms with Crippen molar-refractivity contribution in [3.63, 3.8) is 0 Å². The number of carbonyl (C=O) groups is 2. The molecule has 1 amide bonds. The van der Waals surface area contributed by atoms with Crippen LogP contribution in [0.5, 0.6) is 0 Å². The highest BCUT2D eigenvalue weighted by Gasteiger charge is 2.22. The summed E-state index contributed by atoms with van der Waals surface area (Å²) in [5.41, 5.74) is 3.90. The number of thiophene rings is 1. The number of hydrogen-bond donors (Lipinski definition) is 1. The lowest BCUT2D eigenvalue weighted by molar-refractivity contribution is -0.115. The van der Waals surface area contributed by atoms with Gasteiger partial charge in [0.1, 0.15) is 16.9 Å². The predicted octanol–water partition coefficient (Wildman–Crippen LogP) is 9.16. The number of rotatable bonds is 9. The van der Waals surface area contributed by atoms with Crippen molar-refractivity contribution in [2.45, 2.75) is 17.2 Å². The molecule has 0 aliphatic heterocycles. The molecule has 9 heteroatoms. The number of halogens is 2. The van der Waals surface area contributed by atoms with E-state index in [2.05, 4.69) is 11.4 Å². The number of allylic oxidation sites excluding steroid dienone is 1. The SMILES string of the molecule is C[C@H](Sc1nc(-c2ccc(Cl)cc2)cc(-c2ccc(F)cc2)c1C#N)C(=O)Nc1ccc(C(=O)/C=C/c2cccs2)cc1. The predicted molar refractivity (Wildman–Crippen MR) is 173 cm³/mol. The molecule has 0 unspecified atom stereocenters. The maximum Gasteiger partial charge on any atom is 0.237 e. The lowest BCUT2D eigenvalue weighted by Crippen LogP contribution is -2.22. The first-order valence-electron chi connectivity index (χ1n) is 13.1. The normalized spacial score (nSPS) is 11.7. The van der Waals surface area contributed by atoms with Crippen LogP contribution in [0.3, 0.4) is 0 Å². The first-order chi connectivity index (χ1) is 20.8. The van der Waals surface area contributed by atoms with Crippen LogP contribution in [0.4, 0.5) is 10.1 Å². The van der Waals surface area contributed by atoms with E-state index in [0.29, 0.717) is 38.1 Å². The molecule has 0 radical (unpaired) electrons. The van der Waals surface area contributed by atoms with Gasteiger partial charge in [-0.25, -0.2) is 9.37 Å². The van der Waals surface area contributed by atoms with E-state index >= 15 is 0 Å². The Morgan fingerprint density at radius 3 is 2.37 bits per heavy atom. The number of amides is 1. The highest BCUT2D eigenvalue weighted by molar-refractivity contribution is 8.00. The summed E-state index contributed by atoms with van der Waals surface area (Å²) in [5, 5.41) is 15.3. The molecule has 5 rings (SSSR count). The van der Waals surface area contributed by atoms with Crippen molar-refractivity contribution in [3.05, 3.63) is 129 Å². The summed E-state index contributed by atoms with van der Waals surface area (Å²) in [7, 11) is 0. The molecular weight excluding hydrogens is 601 g/mol. The van der Waals surface area contributed by atoms with Crippen molar-refractivity contribution < 1.29 is 14.0 Å². The number of nitrogens with one attached hydrogen (secondary N) is 1. The number of thioether (sulfide) groups is 1. The molecule has 0 aliphatic rings. The maximum absolute atomic E-state index is 13.7. The number of anilines is 1. The Morgan fingerprint density at radius 1 is 1.02 bits per heavy atom. The molecule has 3 aromatic carbocycles. The van der Waals surface area contributed by atoms with Crippen LogP contribution in [-0.4, -0.2) is 21.9 Å². The number of pyridine rings is 1. The van der Waals surface area contributed by atoms with E-state index in [0.717, 1.165) is 22.2 Å². The van der Waals surface area contributed by atoms with Crippen molar-refractivity contribution in [2.24, 2.45) is 0 Å². The van der Waals surface area contributed by atoms with Gasteiger partial charge in [0.2, 0.25) is 5.91 Å². The molecule has 212 valence electrons. The standard InChI is InChI=1S/C34H23ClFN3O2S2/c1-21(33(41)38-27-14-8-24(9-15-27)32(40)17-16-28-3-2-18-42-28)43-34-30(20-37)29(22-6-12-26(36)13-7-22)19-31(39-34)23-4-10-25(35)11-5-23/h2-19,21H,1H3,(H,38,41)/b17-16+/t21-/m0/s1. The first-order valence-corrected chi connectivity index (χ1v) is 15.2. The van der Waals surface area contributed by atoms with Gasteiger partial charge in [0.25, 0.3) is 0 Å². The van der Waals surface area contributed by atoms with Crippen LogP contribution >= 0.6 is 34.7 Å². The second-order valence-corrected chi connectivity index (χ2v) is 12.1. The third kappa shape index (κ3) is 7.46. The van der Waals surface area contributed by atoms with Crippen LogP contribution < -0.4 is 5.32 Å². The van der Waals surface area contributed by atoms with Gasteiger partial charge in [-0.1, -0.05) is 53.7 Å². The van der Waals surface area contributed by atoms with Gasteiger partial charge in [-0.05, 0) is 90.7 Å². The van der Waals surface area contributed by atoms with Gasteiger partial charge in [0, 0.05) is 32.3 Å². The minimum atomic E-state index is -0.629. The first kappa shape index (κ1) is 29.9. The van der Waals surface area contributed by atoms with Gasteiger partial charge in [-0.2, -0.15) is 5.26 Å². The highest BCUT2D eigenvalue weighted by atomic mass is 35.5. The summed E-state index contributed by atoms with van der Waals surface area (Å²) >= 11 is 8.78. The molecule has 0 bridgehead atoms. The lowest BCUT2D eigenvalue weighted by atomic mass is 9.99. The van der Waals surface area contributed by atoms with Crippen molar-refractivity contribution in [2.75, 3.05) is 5.32 Å². The Labute approximate surface area is 261 Å². The molecular formula is C34H23ClFN3O2S2. The zero-order chi connectivity index (χ0) is 30.3. The van der Waals surface area contributed by atoms with Crippen molar-refractivity contribution >= 4 is 58.2 Å². The Morgan fingerprint density at radius 2 is 1.72 bits per heavy atom. The molecule has 0 saturated carbocycles. The van der Waals surface area contributed by atoms with Gasteiger partial charge >= 0.3 is 0 Å². The van der Waals surface area contributed by atoms with Crippen LogP contribution in [-0.2, 0) is 4.79 Å². The molecule has 1 N–H and O–H groups in total. The largest absolute Gasteiger partial charge is 0.325 e. The fourth-order valence-electron chi connectivity index (χ4n) is 4.16.